The molecule has 5 heteroatoms. The average Bonchev–Trinajstić information content (AvgIpc) is 3.08. The lowest BCUT2D eigenvalue weighted by atomic mass is 10.2. The van der Waals surface area contributed by atoms with E-state index in [1.165, 1.54) is 25.7 Å². The number of carbonyl (C=O) groups excluding carboxylic acids is 1. The number of nitrogens with zero attached hydrogens (tertiary/aromatic N) is 2. The molecule has 0 radical (unpaired) electrons. The molecule has 0 aliphatic rings. The zero-order chi connectivity index (χ0) is 20.5. The van der Waals surface area contributed by atoms with Gasteiger partial charge in [-0.1, -0.05) is 62.9 Å². The van der Waals surface area contributed by atoms with Crippen molar-refractivity contribution in [2.75, 3.05) is 6.61 Å². The first kappa shape index (κ1) is 20.6. The minimum Gasteiger partial charge on any atom is -0.493 e. The molecule has 2 aromatic carbocycles. The van der Waals surface area contributed by atoms with Gasteiger partial charge in [-0.15, -0.1) is 0 Å². The number of aryl methyl sites for hydroxylation is 1. The van der Waals surface area contributed by atoms with Crippen molar-refractivity contribution >= 4 is 23.0 Å². The highest BCUT2D eigenvalue weighted by atomic mass is 16.5. The molecule has 1 heterocycles. The van der Waals surface area contributed by atoms with E-state index in [-0.39, 0.29) is 5.91 Å². The van der Waals surface area contributed by atoms with E-state index in [2.05, 4.69) is 17.5 Å². The highest BCUT2D eigenvalue weighted by molar-refractivity contribution is 5.99. The van der Waals surface area contributed by atoms with Crippen LogP contribution in [0.15, 0.2) is 59.7 Å². The van der Waals surface area contributed by atoms with Gasteiger partial charge in [-0.2, -0.15) is 5.10 Å². The van der Waals surface area contributed by atoms with Crippen LogP contribution in [0.25, 0.3) is 10.9 Å². The largest absolute Gasteiger partial charge is 0.493 e. The van der Waals surface area contributed by atoms with Crippen LogP contribution in [-0.4, -0.2) is 23.3 Å². The average molecular weight is 392 g/mol. The predicted molar refractivity (Wildman–Crippen MR) is 119 cm³/mol. The number of aromatic nitrogens is 1. The number of para-hydroxylation sites is 2. The summed E-state index contributed by atoms with van der Waals surface area (Å²) in [6, 6.07) is 17.5. The Labute approximate surface area is 172 Å². The Kier molecular flexibility index (Phi) is 7.45. The molecule has 5 nitrogen and oxygen atoms in total. The lowest BCUT2D eigenvalue weighted by molar-refractivity contribution is 0.0947. The van der Waals surface area contributed by atoms with E-state index in [0.29, 0.717) is 12.3 Å². The van der Waals surface area contributed by atoms with E-state index < -0.39 is 0 Å². The standard InChI is InChI=1S/C24H29N3O2/c1-3-4-5-6-11-16-29-23-15-10-8-13-20(23)18-25-26-24(28)22-17-19-12-7-9-14-21(19)27(22)2/h7-10,12-15,17-18H,3-6,11,16H2,1-2H3,(H,26,28)/b25-18+. The maximum atomic E-state index is 12.5. The minimum atomic E-state index is -0.241. The highest BCUT2D eigenvalue weighted by Gasteiger charge is 2.12. The van der Waals surface area contributed by atoms with Gasteiger partial charge in [0.2, 0.25) is 0 Å². The van der Waals surface area contributed by atoms with Gasteiger partial charge in [-0.25, -0.2) is 5.43 Å². The van der Waals surface area contributed by atoms with Crippen molar-refractivity contribution in [3.05, 3.63) is 65.9 Å². The van der Waals surface area contributed by atoms with Crippen molar-refractivity contribution in [3.8, 4) is 5.75 Å². The fourth-order valence-electron chi connectivity index (χ4n) is 3.33. The monoisotopic (exact) mass is 391 g/mol. The van der Waals surface area contributed by atoms with Gasteiger partial charge >= 0.3 is 0 Å². The van der Waals surface area contributed by atoms with Crippen LogP contribution < -0.4 is 10.2 Å². The molecule has 0 bridgehead atoms. The summed E-state index contributed by atoms with van der Waals surface area (Å²) in [6.45, 7) is 2.90. The van der Waals surface area contributed by atoms with Gasteiger partial charge in [-0.05, 0) is 30.7 Å². The molecule has 0 saturated heterocycles. The SMILES string of the molecule is CCCCCCCOc1ccccc1/C=N/NC(=O)c1cc2ccccc2n1C. The molecule has 152 valence electrons. The van der Waals surface area contributed by atoms with Crippen molar-refractivity contribution in [3.63, 3.8) is 0 Å². The number of unbranched alkanes of at least 4 members (excludes halogenated alkanes) is 4. The van der Waals surface area contributed by atoms with Crippen molar-refractivity contribution in [1.82, 2.24) is 9.99 Å². The minimum absolute atomic E-state index is 0.241. The van der Waals surface area contributed by atoms with Crippen molar-refractivity contribution in [1.29, 1.82) is 0 Å². The fourth-order valence-corrected chi connectivity index (χ4v) is 3.33. The van der Waals surface area contributed by atoms with Crippen LogP contribution in [-0.2, 0) is 7.05 Å². The molecule has 0 saturated carbocycles. The molecule has 29 heavy (non-hydrogen) atoms. The molecule has 0 fully saturated rings. The maximum Gasteiger partial charge on any atom is 0.287 e. The molecule has 3 aromatic rings. The van der Waals surface area contributed by atoms with Gasteiger partial charge in [0.05, 0.1) is 12.8 Å². The number of hydrogen-bond donors (Lipinski definition) is 1. The Morgan fingerprint density at radius 3 is 2.66 bits per heavy atom. The molecule has 3 rings (SSSR count). The number of amides is 1. The number of fused-ring (bicyclic) bond motifs is 1. The summed E-state index contributed by atoms with van der Waals surface area (Å²) in [4.78, 5) is 12.5. The van der Waals surface area contributed by atoms with E-state index >= 15 is 0 Å². The topological polar surface area (TPSA) is 55.6 Å². The molecule has 0 aliphatic heterocycles. The van der Waals surface area contributed by atoms with Crippen LogP contribution in [0, 0.1) is 0 Å². The molecule has 0 unspecified atom stereocenters. The summed E-state index contributed by atoms with van der Waals surface area (Å²) in [7, 11) is 1.88. The second kappa shape index (κ2) is 10.5. The van der Waals surface area contributed by atoms with Crippen molar-refractivity contribution in [2.24, 2.45) is 12.1 Å². The quantitative estimate of drug-likeness (QED) is 0.290. The first-order chi connectivity index (χ1) is 14.2. The summed E-state index contributed by atoms with van der Waals surface area (Å²) < 4.78 is 7.78. The number of hydrazone groups is 1. The van der Waals surface area contributed by atoms with E-state index in [0.717, 1.165) is 28.6 Å². The van der Waals surface area contributed by atoms with E-state index in [9.17, 15) is 4.79 Å². The normalized spacial score (nSPS) is 11.2. The van der Waals surface area contributed by atoms with Crippen molar-refractivity contribution in [2.45, 2.75) is 39.0 Å². The summed E-state index contributed by atoms with van der Waals surface area (Å²) in [6.07, 6.45) is 7.63. The van der Waals surface area contributed by atoms with E-state index in [1.807, 2.05) is 66.2 Å². The Morgan fingerprint density at radius 1 is 1.07 bits per heavy atom. The van der Waals surface area contributed by atoms with Crippen LogP contribution in [0.5, 0.6) is 5.75 Å². The lowest BCUT2D eigenvalue weighted by Gasteiger charge is -2.09. The third-order valence-electron chi connectivity index (χ3n) is 4.98. The predicted octanol–water partition coefficient (Wildman–Crippen LogP) is 5.29. The summed E-state index contributed by atoms with van der Waals surface area (Å²) in [5, 5.41) is 5.17. The van der Waals surface area contributed by atoms with Crippen LogP contribution in [0.2, 0.25) is 0 Å². The van der Waals surface area contributed by atoms with Gasteiger partial charge < -0.3 is 9.30 Å². The van der Waals surface area contributed by atoms with E-state index in [4.69, 9.17) is 4.74 Å². The zero-order valence-electron chi connectivity index (χ0n) is 17.2. The Morgan fingerprint density at radius 2 is 1.83 bits per heavy atom. The number of ether oxygens (including phenoxy) is 1. The van der Waals surface area contributed by atoms with Crippen LogP contribution >= 0.6 is 0 Å². The second-order valence-electron chi connectivity index (χ2n) is 7.15. The lowest BCUT2D eigenvalue weighted by Crippen LogP contribution is -2.20. The third-order valence-corrected chi connectivity index (χ3v) is 4.98. The Balaban J connectivity index is 1.58. The van der Waals surface area contributed by atoms with Gasteiger partial charge in [0, 0.05) is 23.5 Å². The maximum absolute atomic E-state index is 12.5. The van der Waals surface area contributed by atoms with E-state index in [1.54, 1.807) is 6.21 Å². The molecule has 0 spiro atoms. The number of rotatable bonds is 10. The smallest absolute Gasteiger partial charge is 0.287 e. The fraction of sp³-hybridized carbons (Fsp3) is 0.333. The number of benzene rings is 2. The number of hydrogen-bond acceptors (Lipinski definition) is 3. The Hall–Kier alpha value is -3.08. The third kappa shape index (κ3) is 5.47. The molecular formula is C24H29N3O2. The Bertz CT molecular complexity index is 975. The number of carbonyl (C=O) groups is 1. The molecule has 1 N–H and O–H groups in total. The van der Waals surface area contributed by atoms with Crippen molar-refractivity contribution < 1.29 is 9.53 Å². The van der Waals surface area contributed by atoms with Gasteiger partial charge in [0.25, 0.3) is 5.91 Å². The van der Waals surface area contributed by atoms with Gasteiger partial charge in [0.15, 0.2) is 0 Å². The summed E-state index contributed by atoms with van der Waals surface area (Å²) >= 11 is 0. The van der Waals surface area contributed by atoms with Crippen LogP contribution in [0.3, 0.4) is 0 Å². The molecular weight excluding hydrogens is 362 g/mol. The molecule has 1 aromatic heterocycles. The highest BCUT2D eigenvalue weighted by Crippen LogP contribution is 2.19. The molecule has 1 amide bonds. The van der Waals surface area contributed by atoms with Gasteiger partial charge in [-0.3, -0.25) is 4.79 Å². The van der Waals surface area contributed by atoms with Gasteiger partial charge in [0.1, 0.15) is 11.4 Å². The summed E-state index contributed by atoms with van der Waals surface area (Å²) in [5.74, 6) is 0.542. The second-order valence-corrected chi connectivity index (χ2v) is 7.15. The van der Waals surface area contributed by atoms with Crippen LogP contribution in [0.1, 0.15) is 55.1 Å². The first-order valence-corrected chi connectivity index (χ1v) is 10.3. The number of nitrogens with one attached hydrogen (secondary N) is 1. The van der Waals surface area contributed by atoms with Crippen LogP contribution in [0.4, 0.5) is 0 Å². The first-order valence-electron chi connectivity index (χ1n) is 10.3. The molecule has 0 atom stereocenters. The molecule has 0 aliphatic carbocycles. The zero-order valence-corrected chi connectivity index (χ0v) is 17.2. The summed E-state index contributed by atoms with van der Waals surface area (Å²) in [5.41, 5.74) is 5.05.